The summed E-state index contributed by atoms with van der Waals surface area (Å²) in [5, 5.41) is 1.04. The quantitative estimate of drug-likeness (QED) is 0.742. The van der Waals surface area contributed by atoms with E-state index in [4.69, 9.17) is 14.5 Å². The SMILES string of the molecule is COc1cc2nc(-c3cnc(C)nc3)cc(C)c2cc1OC. The lowest BCUT2D eigenvalue weighted by molar-refractivity contribution is 0.356. The second kappa shape index (κ2) is 5.60. The third-order valence-corrected chi connectivity index (χ3v) is 3.60. The highest BCUT2D eigenvalue weighted by Gasteiger charge is 2.11. The second-order valence-corrected chi connectivity index (χ2v) is 5.07. The van der Waals surface area contributed by atoms with Crippen molar-refractivity contribution in [3.63, 3.8) is 0 Å². The molecule has 3 rings (SSSR count). The van der Waals surface area contributed by atoms with Crippen LogP contribution in [0.5, 0.6) is 11.5 Å². The maximum absolute atomic E-state index is 5.36. The molecule has 0 saturated carbocycles. The van der Waals surface area contributed by atoms with Gasteiger partial charge in [-0.3, -0.25) is 0 Å². The van der Waals surface area contributed by atoms with Gasteiger partial charge in [0, 0.05) is 29.4 Å². The third-order valence-electron chi connectivity index (χ3n) is 3.60. The van der Waals surface area contributed by atoms with Crippen molar-refractivity contribution in [2.75, 3.05) is 14.2 Å². The molecule has 0 aliphatic heterocycles. The van der Waals surface area contributed by atoms with Crippen molar-refractivity contribution in [3.05, 3.63) is 42.0 Å². The van der Waals surface area contributed by atoms with Crippen LogP contribution in [0.2, 0.25) is 0 Å². The first kappa shape index (κ1) is 14.3. The fraction of sp³-hybridized carbons (Fsp3) is 0.235. The Morgan fingerprint density at radius 3 is 2.14 bits per heavy atom. The summed E-state index contributed by atoms with van der Waals surface area (Å²) >= 11 is 0. The molecule has 0 radical (unpaired) electrons. The van der Waals surface area contributed by atoms with E-state index in [0.717, 1.165) is 33.5 Å². The highest BCUT2D eigenvalue weighted by atomic mass is 16.5. The number of nitrogens with zero attached hydrogens (tertiary/aromatic N) is 3. The van der Waals surface area contributed by atoms with Gasteiger partial charge in [-0.15, -0.1) is 0 Å². The van der Waals surface area contributed by atoms with Crippen LogP contribution in [0.1, 0.15) is 11.4 Å². The van der Waals surface area contributed by atoms with Crippen LogP contribution in [-0.2, 0) is 0 Å². The molecule has 5 nitrogen and oxygen atoms in total. The summed E-state index contributed by atoms with van der Waals surface area (Å²) < 4.78 is 10.7. The molecule has 0 saturated heterocycles. The first-order valence-electron chi connectivity index (χ1n) is 6.94. The number of hydrogen-bond donors (Lipinski definition) is 0. The summed E-state index contributed by atoms with van der Waals surface area (Å²) in [6.07, 6.45) is 3.58. The van der Waals surface area contributed by atoms with Crippen molar-refractivity contribution in [3.8, 4) is 22.8 Å². The van der Waals surface area contributed by atoms with Gasteiger partial charge >= 0.3 is 0 Å². The number of aryl methyl sites for hydroxylation is 2. The predicted molar refractivity (Wildman–Crippen MR) is 85.3 cm³/mol. The first-order chi connectivity index (χ1) is 10.6. The Morgan fingerprint density at radius 2 is 1.50 bits per heavy atom. The number of hydrogen-bond acceptors (Lipinski definition) is 5. The number of methoxy groups -OCH3 is 2. The molecule has 0 aliphatic rings. The summed E-state index contributed by atoms with van der Waals surface area (Å²) in [6.45, 7) is 3.91. The van der Waals surface area contributed by atoms with Crippen LogP contribution >= 0.6 is 0 Å². The molecule has 0 spiro atoms. The number of ether oxygens (including phenoxy) is 2. The summed E-state index contributed by atoms with van der Waals surface area (Å²) in [7, 11) is 3.25. The van der Waals surface area contributed by atoms with Gasteiger partial charge in [0.25, 0.3) is 0 Å². The second-order valence-electron chi connectivity index (χ2n) is 5.07. The zero-order valence-electron chi connectivity index (χ0n) is 13.0. The Morgan fingerprint density at radius 1 is 0.864 bits per heavy atom. The molecule has 0 bridgehead atoms. The van der Waals surface area contributed by atoms with E-state index in [2.05, 4.69) is 16.9 Å². The monoisotopic (exact) mass is 295 g/mol. The largest absolute Gasteiger partial charge is 0.493 e. The van der Waals surface area contributed by atoms with Crippen molar-refractivity contribution in [1.82, 2.24) is 15.0 Å². The molecule has 0 aliphatic carbocycles. The van der Waals surface area contributed by atoms with Gasteiger partial charge in [-0.2, -0.15) is 0 Å². The van der Waals surface area contributed by atoms with Crippen molar-refractivity contribution in [1.29, 1.82) is 0 Å². The van der Waals surface area contributed by atoms with Crippen molar-refractivity contribution >= 4 is 10.9 Å². The minimum atomic E-state index is 0.666. The Labute approximate surface area is 129 Å². The van der Waals surface area contributed by atoms with Crippen molar-refractivity contribution in [2.45, 2.75) is 13.8 Å². The van der Waals surface area contributed by atoms with Gasteiger partial charge in [-0.05, 0) is 31.5 Å². The molecule has 0 atom stereocenters. The maximum atomic E-state index is 5.36. The Bertz CT molecular complexity index is 829. The van der Waals surface area contributed by atoms with E-state index in [9.17, 15) is 0 Å². The average molecular weight is 295 g/mol. The van der Waals surface area contributed by atoms with E-state index >= 15 is 0 Å². The maximum Gasteiger partial charge on any atom is 0.162 e. The van der Waals surface area contributed by atoms with Crippen LogP contribution in [0.15, 0.2) is 30.6 Å². The Hall–Kier alpha value is -2.69. The number of aromatic nitrogens is 3. The van der Waals surface area contributed by atoms with Crippen LogP contribution in [-0.4, -0.2) is 29.2 Å². The molecule has 22 heavy (non-hydrogen) atoms. The van der Waals surface area contributed by atoms with E-state index in [1.807, 2.05) is 25.1 Å². The smallest absolute Gasteiger partial charge is 0.162 e. The lowest BCUT2D eigenvalue weighted by atomic mass is 10.1. The number of pyridine rings is 1. The van der Waals surface area contributed by atoms with Gasteiger partial charge in [0.1, 0.15) is 5.82 Å². The summed E-state index contributed by atoms with van der Waals surface area (Å²) in [5.41, 5.74) is 3.71. The van der Waals surface area contributed by atoms with E-state index in [0.29, 0.717) is 11.5 Å². The topological polar surface area (TPSA) is 57.1 Å². The van der Waals surface area contributed by atoms with Crippen LogP contribution in [0.4, 0.5) is 0 Å². The van der Waals surface area contributed by atoms with Crippen LogP contribution in [0.3, 0.4) is 0 Å². The molecule has 112 valence electrons. The molecule has 5 heteroatoms. The average Bonchev–Trinajstić information content (AvgIpc) is 2.54. The Kier molecular flexibility index (Phi) is 3.63. The third kappa shape index (κ3) is 2.45. The Balaban J connectivity index is 2.21. The molecule has 0 N–H and O–H groups in total. The molecular weight excluding hydrogens is 278 g/mol. The highest BCUT2D eigenvalue weighted by Crippen LogP contribution is 2.34. The molecule has 0 amide bonds. The molecule has 2 aromatic heterocycles. The van der Waals surface area contributed by atoms with Crippen LogP contribution < -0.4 is 9.47 Å². The lowest BCUT2D eigenvalue weighted by Gasteiger charge is -2.11. The summed E-state index contributed by atoms with van der Waals surface area (Å²) in [6, 6.07) is 5.87. The minimum Gasteiger partial charge on any atom is -0.493 e. The van der Waals surface area contributed by atoms with Gasteiger partial charge < -0.3 is 9.47 Å². The molecule has 3 aromatic rings. The molecule has 0 fully saturated rings. The fourth-order valence-electron chi connectivity index (χ4n) is 2.39. The standard InChI is InChI=1S/C17H17N3O2/c1-10-5-14(12-8-18-11(2)19-9-12)20-15-7-17(22-4)16(21-3)6-13(10)15/h5-9H,1-4H3. The first-order valence-corrected chi connectivity index (χ1v) is 6.94. The zero-order valence-corrected chi connectivity index (χ0v) is 13.0. The van der Waals surface area contributed by atoms with E-state index in [-0.39, 0.29) is 0 Å². The summed E-state index contributed by atoms with van der Waals surface area (Å²) in [4.78, 5) is 13.2. The van der Waals surface area contributed by atoms with Gasteiger partial charge in [0.15, 0.2) is 11.5 Å². The van der Waals surface area contributed by atoms with Gasteiger partial charge in [-0.1, -0.05) is 0 Å². The minimum absolute atomic E-state index is 0.666. The van der Waals surface area contributed by atoms with E-state index in [1.165, 1.54) is 0 Å². The fourth-order valence-corrected chi connectivity index (χ4v) is 2.39. The molecular formula is C17H17N3O2. The lowest BCUT2D eigenvalue weighted by Crippen LogP contribution is -1.95. The predicted octanol–water partition coefficient (Wildman–Crippen LogP) is 3.33. The van der Waals surface area contributed by atoms with Crippen molar-refractivity contribution < 1.29 is 9.47 Å². The van der Waals surface area contributed by atoms with Crippen LogP contribution in [0, 0.1) is 13.8 Å². The molecule has 2 heterocycles. The zero-order chi connectivity index (χ0) is 15.7. The van der Waals surface area contributed by atoms with E-state index in [1.54, 1.807) is 26.6 Å². The normalized spacial score (nSPS) is 10.7. The van der Waals surface area contributed by atoms with Gasteiger partial charge in [-0.25, -0.2) is 15.0 Å². The number of fused-ring (bicyclic) bond motifs is 1. The van der Waals surface area contributed by atoms with E-state index < -0.39 is 0 Å². The molecule has 1 aromatic carbocycles. The van der Waals surface area contributed by atoms with Gasteiger partial charge in [0.2, 0.25) is 0 Å². The summed E-state index contributed by atoms with van der Waals surface area (Å²) in [5.74, 6) is 2.11. The van der Waals surface area contributed by atoms with Crippen LogP contribution in [0.25, 0.3) is 22.2 Å². The number of benzene rings is 1. The van der Waals surface area contributed by atoms with Crippen molar-refractivity contribution in [2.24, 2.45) is 0 Å². The highest BCUT2D eigenvalue weighted by molar-refractivity contribution is 5.88. The number of rotatable bonds is 3. The van der Waals surface area contributed by atoms with Gasteiger partial charge in [0.05, 0.1) is 25.4 Å². The molecule has 0 unspecified atom stereocenters.